The number of hydrogen-bond donors (Lipinski definition) is 2. The number of sulfonamides is 1. The van der Waals surface area contributed by atoms with E-state index in [0.717, 1.165) is 0 Å². The molecule has 0 saturated carbocycles. The van der Waals surface area contributed by atoms with Crippen LogP contribution in [0.25, 0.3) is 10.4 Å². The van der Waals surface area contributed by atoms with E-state index in [-0.39, 0.29) is 5.03 Å². The number of nitrogens with zero attached hydrogens (tertiary/aromatic N) is 4. The van der Waals surface area contributed by atoms with Crippen molar-refractivity contribution in [1.82, 2.24) is 14.7 Å². The summed E-state index contributed by atoms with van der Waals surface area (Å²) in [6, 6.07) is 0. The van der Waals surface area contributed by atoms with Crippen molar-refractivity contribution in [3.8, 4) is 0 Å². The van der Waals surface area contributed by atoms with Crippen LogP contribution in [0, 0.1) is 0 Å². The standard InChI is InChI=1S/C9H16N6O2S/c1-2-8-11-7-9(14-8)18(16,17)13-6-4-3-5-12-15-10/h7,13H,2-6H2,1H3,(H,11,14). The number of aromatic amines is 1. The summed E-state index contributed by atoms with van der Waals surface area (Å²) in [5, 5.41) is 3.44. The molecule has 1 aromatic heterocycles. The Kier molecular flexibility index (Phi) is 5.63. The highest BCUT2D eigenvalue weighted by Gasteiger charge is 2.15. The average molecular weight is 272 g/mol. The van der Waals surface area contributed by atoms with E-state index < -0.39 is 10.0 Å². The number of aryl methyl sites for hydroxylation is 1. The molecule has 0 aliphatic carbocycles. The summed E-state index contributed by atoms with van der Waals surface area (Å²) < 4.78 is 26.0. The maximum absolute atomic E-state index is 11.8. The number of imidazole rings is 1. The van der Waals surface area contributed by atoms with E-state index in [2.05, 4.69) is 24.7 Å². The van der Waals surface area contributed by atoms with Crippen molar-refractivity contribution in [3.63, 3.8) is 0 Å². The quantitative estimate of drug-likeness (QED) is 0.321. The molecule has 0 fully saturated rings. The van der Waals surface area contributed by atoms with Gasteiger partial charge in [0.1, 0.15) is 5.82 Å². The van der Waals surface area contributed by atoms with Crippen LogP contribution in [0.2, 0.25) is 0 Å². The van der Waals surface area contributed by atoms with Gasteiger partial charge in [0, 0.05) is 24.4 Å². The lowest BCUT2D eigenvalue weighted by Gasteiger charge is -2.03. The van der Waals surface area contributed by atoms with E-state index in [1.165, 1.54) is 6.20 Å². The lowest BCUT2D eigenvalue weighted by atomic mass is 10.3. The number of rotatable bonds is 8. The molecule has 9 heteroatoms. The molecule has 18 heavy (non-hydrogen) atoms. The van der Waals surface area contributed by atoms with Gasteiger partial charge in [-0.1, -0.05) is 12.0 Å². The Morgan fingerprint density at radius 3 is 2.94 bits per heavy atom. The topological polar surface area (TPSA) is 124 Å². The Labute approximate surface area is 105 Å². The fraction of sp³-hybridized carbons (Fsp3) is 0.667. The van der Waals surface area contributed by atoms with Crippen LogP contribution in [-0.2, 0) is 16.4 Å². The summed E-state index contributed by atoms with van der Waals surface area (Å²) in [7, 11) is -3.51. The second-order valence-electron chi connectivity index (χ2n) is 3.61. The highest BCUT2D eigenvalue weighted by Crippen LogP contribution is 2.05. The highest BCUT2D eigenvalue weighted by molar-refractivity contribution is 7.89. The van der Waals surface area contributed by atoms with E-state index in [0.29, 0.717) is 38.2 Å². The van der Waals surface area contributed by atoms with Gasteiger partial charge >= 0.3 is 0 Å². The van der Waals surface area contributed by atoms with Gasteiger partial charge in [-0.15, -0.1) is 0 Å². The number of aromatic nitrogens is 2. The number of hydrogen-bond acceptors (Lipinski definition) is 4. The molecule has 1 heterocycles. The summed E-state index contributed by atoms with van der Waals surface area (Å²) >= 11 is 0. The third-order valence-corrected chi connectivity index (χ3v) is 3.64. The van der Waals surface area contributed by atoms with Crippen LogP contribution in [0.5, 0.6) is 0 Å². The second kappa shape index (κ2) is 7.00. The van der Waals surface area contributed by atoms with Crippen LogP contribution in [0.4, 0.5) is 0 Å². The molecule has 0 radical (unpaired) electrons. The predicted octanol–water partition coefficient (Wildman–Crippen LogP) is 1.34. The van der Waals surface area contributed by atoms with Crippen molar-refractivity contribution < 1.29 is 8.42 Å². The molecule has 0 atom stereocenters. The van der Waals surface area contributed by atoms with Gasteiger partial charge < -0.3 is 4.98 Å². The Morgan fingerprint density at radius 2 is 2.33 bits per heavy atom. The molecular weight excluding hydrogens is 256 g/mol. The molecule has 0 unspecified atom stereocenters. The number of H-pyrrole nitrogens is 1. The fourth-order valence-corrected chi connectivity index (χ4v) is 2.31. The maximum Gasteiger partial charge on any atom is 0.257 e. The SMILES string of the molecule is CCc1ncc(S(=O)(=O)NCCCCN=[N+]=[N-])[nH]1. The van der Waals surface area contributed by atoms with Gasteiger partial charge in [0.15, 0.2) is 5.03 Å². The summed E-state index contributed by atoms with van der Waals surface area (Å²) in [6.45, 7) is 2.57. The fourth-order valence-electron chi connectivity index (χ4n) is 1.30. The zero-order valence-electron chi connectivity index (χ0n) is 10.1. The molecule has 0 bridgehead atoms. The molecular formula is C9H16N6O2S. The Balaban J connectivity index is 2.42. The molecule has 0 amide bonds. The summed E-state index contributed by atoms with van der Waals surface area (Å²) in [6.07, 6.45) is 3.23. The maximum atomic E-state index is 11.8. The number of azide groups is 1. The van der Waals surface area contributed by atoms with E-state index in [9.17, 15) is 8.42 Å². The predicted molar refractivity (Wildman–Crippen MR) is 66.4 cm³/mol. The molecule has 0 saturated heterocycles. The van der Waals surface area contributed by atoms with Gasteiger partial charge in [0.2, 0.25) is 0 Å². The van der Waals surface area contributed by atoms with Crippen molar-refractivity contribution in [2.75, 3.05) is 13.1 Å². The second-order valence-corrected chi connectivity index (χ2v) is 5.34. The third kappa shape index (κ3) is 4.36. The van der Waals surface area contributed by atoms with Crippen LogP contribution in [0.3, 0.4) is 0 Å². The van der Waals surface area contributed by atoms with E-state index in [1.54, 1.807) is 0 Å². The Hall–Kier alpha value is -1.57. The van der Waals surface area contributed by atoms with Crippen LogP contribution in [0.15, 0.2) is 16.3 Å². The molecule has 0 aliphatic rings. The van der Waals surface area contributed by atoms with E-state index >= 15 is 0 Å². The van der Waals surface area contributed by atoms with Gasteiger partial charge in [0.05, 0.1) is 6.20 Å². The minimum Gasteiger partial charge on any atom is -0.332 e. The Morgan fingerprint density at radius 1 is 1.56 bits per heavy atom. The van der Waals surface area contributed by atoms with E-state index in [4.69, 9.17) is 5.53 Å². The van der Waals surface area contributed by atoms with Gasteiger partial charge in [-0.25, -0.2) is 18.1 Å². The normalized spacial score (nSPS) is 11.2. The molecule has 8 nitrogen and oxygen atoms in total. The number of unbranched alkanes of at least 4 members (excludes halogenated alkanes) is 1. The largest absolute Gasteiger partial charge is 0.332 e. The van der Waals surface area contributed by atoms with Crippen molar-refractivity contribution in [2.24, 2.45) is 5.11 Å². The van der Waals surface area contributed by atoms with Crippen molar-refractivity contribution >= 4 is 10.0 Å². The highest BCUT2D eigenvalue weighted by atomic mass is 32.2. The monoisotopic (exact) mass is 272 g/mol. The zero-order chi connectivity index (χ0) is 13.4. The van der Waals surface area contributed by atoms with Gasteiger partial charge in [-0.2, -0.15) is 0 Å². The lowest BCUT2D eigenvalue weighted by molar-refractivity contribution is 0.573. The minimum absolute atomic E-state index is 0.0781. The Bertz CT molecular complexity index is 517. The first kappa shape index (κ1) is 14.5. The van der Waals surface area contributed by atoms with Crippen molar-refractivity contribution in [2.45, 2.75) is 31.2 Å². The minimum atomic E-state index is -3.51. The average Bonchev–Trinajstić information content (AvgIpc) is 2.83. The van der Waals surface area contributed by atoms with Gasteiger partial charge in [-0.3, -0.25) is 0 Å². The molecule has 1 aromatic rings. The first-order valence-electron chi connectivity index (χ1n) is 5.64. The summed E-state index contributed by atoms with van der Waals surface area (Å²) in [5.74, 6) is 0.638. The van der Waals surface area contributed by atoms with Gasteiger partial charge in [-0.05, 0) is 18.4 Å². The zero-order valence-corrected chi connectivity index (χ0v) is 10.9. The molecule has 0 aliphatic heterocycles. The van der Waals surface area contributed by atoms with Crippen LogP contribution in [-0.4, -0.2) is 31.5 Å². The summed E-state index contributed by atoms with van der Waals surface area (Å²) in [5.41, 5.74) is 8.06. The molecule has 0 spiro atoms. The molecule has 2 N–H and O–H groups in total. The lowest BCUT2D eigenvalue weighted by Crippen LogP contribution is -2.25. The van der Waals surface area contributed by atoms with Crippen LogP contribution in [0.1, 0.15) is 25.6 Å². The molecule has 0 aromatic carbocycles. The van der Waals surface area contributed by atoms with Crippen LogP contribution >= 0.6 is 0 Å². The van der Waals surface area contributed by atoms with Gasteiger partial charge in [0.25, 0.3) is 10.0 Å². The third-order valence-electron chi connectivity index (χ3n) is 2.27. The number of nitrogens with one attached hydrogen (secondary N) is 2. The van der Waals surface area contributed by atoms with Crippen LogP contribution < -0.4 is 4.72 Å². The summed E-state index contributed by atoms with van der Waals surface area (Å²) in [4.78, 5) is 9.29. The molecule has 100 valence electrons. The smallest absolute Gasteiger partial charge is 0.257 e. The van der Waals surface area contributed by atoms with Crippen molar-refractivity contribution in [3.05, 3.63) is 22.5 Å². The molecule has 1 rings (SSSR count). The first-order chi connectivity index (χ1) is 8.60. The van der Waals surface area contributed by atoms with Crippen molar-refractivity contribution in [1.29, 1.82) is 0 Å². The van der Waals surface area contributed by atoms with E-state index in [1.807, 2.05) is 6.92 Å². The first-order valence-corrected chi connectivity index (χ1v) is 7.13.